The van der Waals surface area contributed by atoms with Crippen LogP contribution in [0.1, 0.15) is 29.5 Å². The van der Waals surface area contributed by atoms with Crippen molar-refractivity contribution in [2.24, 2.45) is 4.99 Å². The highest BCUT2D eigenvalue weighted by atomic mass is 16.5. The van der Waals surface area contributed by atoms with E-state index in [-0.39, 0.29) is 11.8 Å². The summed E-state index contributed by atoms with van der Waals surface area (Å²) in [5.41, 5.74) is 3.21. The minimum Gasteiger partial charge on any atom is -0.494 e. The van der Waals surface area contributed by atoms with Crippen molar-refractivity contribution in [2.45, 2.75) is 26.3 Å². The van der Waals surface area contributed by atoms with Gasteiger partial charge in [0.25, 0.3) is 0 Å². The topological polar surface area (TPSA) is 75.2 Å². The molecule has 1 atom stereocenters. The Balaban J connectivity index is 1.66. The predicted molar refractivity (Wildman–Crippen MR) is 127 cm³/mol. The van der Waals surface area contributed by atoms with Crippen molar-refractivity contribution < 1.29 is 14.3 Å². The molecule has 7 heteroatoms. The molecule has 2 N–H and O–H groups in total. The number of benzene rings is 2. The van der Waals surface area contributed by atoms with Gasteiger partial charge in [-0.05, 0) is 31.0 Å². The lowest BCUT2D eigenvalue weighted by atomic mass is 9.97. The average molecular weight is 439 g/mol. The van der Waals surface area contributed by atoms with Gasteiger partial charge < -0.3 is 25.0 Å². The van der Waals surface area contributed by atoms with Crippen LogP contribution < -0.4 is 15.4 Å². The van der Waals surface area contributed by atoms with E-state index in [1.54, 1.807) is 7.05 Å². The number of amides is 1. The van der Waals surface area contributed by atoms with Crippen molar-refractivity contribution in [3.05, 3.63) is 65.2 Å². The van der Waals surface area contributed by atoms with Gasteiger partial charge in [0.15, 0.2) is 5.96 Å². The lowest BCUT2D eigenvalue weighted by Crippen LogP contribution is -2.47. The second kappa shape index (κ2) is 12.1. The van der Waals surface area contributed by atoms with E-state index in [1.165, 1.54) is 0 Å². The van der Waals surface area contributed by atoms with Crippen LogP contribution in [0.4, 0.5) is 0 Å². The molecule has 2 aromatic carbocycles. The van der Waals surface area contributed by atoms with E-state index >= 15 is 0 Å². The van der Waals surface area contributed by atoms with Gasteiger partial charge in [-0.3, -0.25) is 9.79 Å². The van der Waals surface area contributed by atoms with Crippen molar-refractivity contribution in [1.82, 2.24) is 15.5 Å². The minimum atomic E-state index is -0.300. The molecule has 1 heterocycles. The Labute approximate surface area is 190 Å². The highest BCUT2D eigenvalue weighted by molar-refractivity contribution is 5.86. The summed E-state index contributed by atoms with van der Waals surface area (Å²) in [6.45, 7) is 8.10. The van der Waals surface area contributed by atoms with Crippen LogP contribution >= 0.6 is 0 Å². The van der Waals surface area contributed by atoms with Gasteiger partial charge in [-0.25, -0.2) is 0 Å². The number of morpholine rings is 1. The molecule has 1 fully saturated rings. The Morgan fingerprint density at radius 1 is 1.16 bits per heavy atom. The minimum absolute atomic E-state index is 0.111. The van der Waals surface area contributed by atoms with E-state index in [0.29, 0.717) is 52.0 Å². The standard InChI is InChI=1S/C25H34N4O3/c1-4-32-23-16-19(2)10-11-21(23)17-27-25(26-3)28-18-22(20-8-6-5-7-9-20)24(30)29-12-14-31-15-13-29/h5-11,16,22H,4,12-15,17-18H2,1-3H3,(H2,26,27,28). The fourth-order valence-electron chi connectivity index (χ4n) is 3.73. The van der Waals surface area contributed by atoms with Gasteiger partial charge in [-0.2, -0.15) is 0 Å². The lowest BCUT2D eigenvalue weighted by Gasteiger charge is -2.31. The molecule has 1 amide bonds. The summed E-state index contributed by atoms with van der Waals surface area (Å²) < 4.78 is 11.2. The summed E-state index contributed by atoms with van der Waals surface area (Å²) >= 11 is 0. The number of nitrogens with zero attached hydrogens (tertiary/aromatic N) is 2. The molecule has 0 spiro atoms. The number of carbonyl (C=O) groups excluding carboxylic acids is 1. The zero-order valence-electron chi connectivity index (χ0n) is 19.3. The molecule has 0 aromatic heterocycles. The molecule has 0 bridgehead atoms. The SMILES string of the molecule is CCOc1cc(C)ccc1CNC(=NC)NCC(C(=O)N1CCOCC1)c1ccccc1. The van der Waals surface area contributed by atoms with Gasteiger partial charge in [0, 0.05) is 38.8 Å². The van der Waals surface area contributed by atoms with E-state index in [2.05, 4.69) is 34.7 Å². The normalized spacial score (nSPS) is 15.2. The Bertz CT molecular complexity index is 895. The molecule has 1 saturated heterocycles. The number of ether oxygens (including phenoxy) is 2. The first kappa shape index (κ1) is 23.6. The Hall–Kier alpha value is -3.06. The molecule has 3 rings (SSSR count). The van der Waals surface area contributed by atoms with Gasteiger partial charge in [0.2, 0.25) is 5.91 Å². The molecule has 0 saturated carbocycles. The van der Waals surface area contributed by atoms with E-state index in [0.717, 1.165) is 22.4 Å². The van der Waals surface area contributed by atoms with Crippen LogP contribution in [0, 0.1) is 6.92 Å². The number of hydrogen-bond acceptors (Lipinski definition) is 4. The van der Waals surface area contributed by atoms with Crippen molar-refractivity contribution >= 4 is 11.9 Å². The summed E-state index contributed by atoms with van der Waals surface area (Å²) in [6.07, 6.45) is 0. The number of hydrogen-bond donors (Lipinski definition) is 2. The molecule has 32 heavy (non-hydrogen) atoms. The quantitative estimate of drug-likeness (QED) is 0.490. The number of aliphatic imine (C=N–C) groups is 1. The van der Waals surface area contributed by atoms with Crippen LogP contribution in [-0.4, -0.2) is 63.3 Å². The smallest absolute Gasteiger partial charge is 0.232 e. The number of guanidine groups is 1. The van der Waals surface area contributed by atoms with Crippen molar-refractivity contribution in [3.63, 3.8) is 0 Å². The largest absolute Gasteiger partial charge is 0.494 e. The first-order valence-electron chi connectivity index (χ1n) is 11.2. The van der Waals surface area contributed by atoms with E-state index in [1.807, 2.05) is 48.2 Å². The second-order valence-corrected chi connectivity index (χ2v) is 7.75. The zero-order valence-corrected chi connectivity index (χ0v) is 19.3. The maximum atomic E-state index is 13.3. The number of aryl methyl sites for hydroxylation is 1. The Morgan fingerprint density at radius 2 is 1.91 bits per heavy atom. The molecule has 0 radical (unpaired) electrons. The lowest BCUT2D eigenvalue weighted by molar-refractivity contribution is -0.136. The summed E-state index contributed by atoms with van der Waals surface area (Å²) in [5.74, 6) is 1.33. The van der Waals surface area contributed by atoms with E-state index in [4.69, 9.17) is 9.47 Å². The average Bonchev–Trinajstić information content (AvgIpc) is 2.83. The van der Waals surface area contributed by atoms with Crippen molar-refractivity contribution in [2.75, 3.05) is 46.5 Å². The van der Waals surface area contributed by atoms with E-state index in [9.17, 15) is 4.79 Å². The summed E-state index contributed by atoms with van der Waals surface area (Å²) in [7, 11) is 1.73. The van der Waals surface area contributed by atoms with Crippen LogP contribution in [-0.2, 0) is 16.1 Å². The van der Waals surface area contributed by atoms with Crippen LogP contribution in [0.25, 0.3) is 0 Å². The molecular formula is C25H34N4O3. The van der Waals surface area contributed by atoms with Crippen LogP contribution in [0.5, 0.6) is 5.75 Å². The van der Waals surface area contributed by atoms with Crippen LogP contribution in [0.15, 0.2) is 53.5 Å². The molecule has 7 nitrogen and oxygen atoms in total. The van der Waals surface area contributed by atoms with Crippen molar-refractivity contribution in [3.8, 4) is 5.75 Å². The van der Waals surface area contributed by atoms with Gasteiger partial charge in [-0.15, -0.1) is 0 Å². The number of nitrogens with one attached hydrogen (secondary N) is 2. The third-order valence-electron chi connectivity index (χ3n) is 5.49. The Morgan fingerprint density at radius 3 is 2.59 bits per heavy atom. The van der Waals surface area contributed by atoms with Crippen molar-refractivity contribution in [1.29, 1.82) is 0 Å². The molecule has 1 aliphatic heterocycles. The molecule has 172 valence electrons. The van der Waals surface area contributed by atoms with Gasteiger partial charge >= 0.3 is 0 Å². The number of carbonyl (C=O) groups is 1. The first-order valence-corrected chi connectivity index (χ1v) is 11.2. The third-order valence-corrected chi connectivity index (χ3v) is 5.49. The molecule has 1 aliphatic rings. The fraction of sp³-hybridized carbons (Fsp3) is 0.440. The monoisotopic (exact) mass is 438 g/mol. The Kier molecular flexibility index (Phi) is 8.92. The molecule has 2 aromatic rings. The van der Waals surface area contributed by atoms with E-state index < -0.39 is 0 Å². The number of rotatable bonds is 8. The summed E-state index contributed by atoms with van der Waals surface area (Å²) in [5, 5.41) is 6.68. The molecule has 1 unspecified atom stereocenters. The highest BCUT2D eigenvalue weighted by Gasteiger charge is 2.27. The van der Waals surface area contributed by atoms with Gasteiger partial charge in [0.05, 0.1) is 25.7 Å². The van der Waals surface area contributed by atoms with Crippen LogP contribution in [0.3, 0.4) is 0 Å². The van der Waals surface area contributed by atoms with Gasteiger partial charge in [-0.1, -0.05) is 42.5 Å². The third kappa shape index (κ3) is 6.47. The zero-order chi connectivity index (χ0) is 22.8. The van der Waals surface area contributed by atoms with Gasteiger partial charge in [0.1, 0.15) is 5.75 Å². The molecular weight excluding hydrogens is 404 g/mol. The fourth-order valence-corrected chi connectivity index (χ4v) is 3.73. The first-order chi connectivity index (χ1) is 15.6. The summed E-state index contributed by atoms with van der Waals surface area (Å²) in [6, 6.07) is 16.1. The molecule has 0 aliphatic carbocycles. The van der Waals surface area contributed by atoms with Crippen LogP contribution in [0.2, 0.25) is 0 Å². The maximum Gasteiger partial charge on any atom is 0.232 e. The maximum absolute atomic E-state index is 13.3. The second-order valence-electron chi connectivity index (χ2n) is 7.75. The highest BCUT2D eigenvalue weighted by Crippen LogP contribution is 2.21. The summed E-state index contributed by atoms with van der Waals surface area (Å²) in [4.78, 5) is 19.5. The predicted octanol–water partition coefficient (Wildman–Crippen LogP) is 2.70.